The van der Waals surface area contributed by atoms with Gasteiger partial charge >= 0.3 is 0 Å². The van der Waals surface area contributed by atoms with E-state index in [1.165, 1.54) is 22.4 Å². The predicted octanol–water partition coefficient (Wildman–Crippen LogP) is 4.48. The van der Waals surface area contributed by atoms with Gasteiger partial charge in [0.2, 0.25) is 0 Å². The van der Waals surface area contributed by atoms with Crippen LogP contribution >= 0.6 is 0 Å². The van der Waals surface area contributed by atoms with Crippen molar-refractivity contribution in [2.24, 2.45) is 0 Å². The monoisotopic (exact) mass is 292 g/mol. The van der Waals surface area contributed by atoms with Crippen LogP contribution in [0.2, 0.25) is 0 Å². The van der Waals surface area contributed by atoms with E-state index in [9.17, 15) is 5.11 Å². The molecule has 0 saturated heterocycles. The van der Waals surface area contributed by atoms with Crippen molar-refractivity contribution in [2.45, 2.75) is 27.7 Å². The molecule has 0 radical (unpaired) electrons. The number of aryl methyl sites for hydroxylation is 2. The van der Waals surface area contributed by atoms with Gasteiger partial charge in [0.25, 0.3) is 0 Å². The highest BCUT2D eigenvalue weighted by atomic mass is 16.3. The molecule has 3 heteroatoms. The Balaban J connectivity index is 2.05. The summed E-state index contributed by atoms with van der Waals surface area (Å²) in [6.07, 6.45) is 0. The zero-order chi connectivity index (χ0) is 15.9. The minimum Gasteiger partial charge on any atom is -0.508 e. The van der Waals surface area contributed by atoms with Crippen molar-refractivity contribution in [3.63, 3.8) is 0 Å². The minimum atomic E-state index is 0.288. The Morgan fingerprint density at radius 1 is 0.909 bits per heavy atom. The third-order valence-corrected chi connectivity index (χ3v) is 4.29. The van der Waals surface area contributed by atoms with Gasteiger partial charge in [0.1, 0.15) is 5.75 Å². The molecule has 0 unspecified atom stereocenters. The molecule has 0 fully saturated rings. The SMILES string of the molecule is Cc1cc(-n2nc(C)c(C)c2C)ccc1-c1ccc(O)cc1. The van der Waals surface area contributed by atoms with Crippen LogP contribution in [0.1, 0.15) is 22.5 Å². The van der Waals surface area contributed by atoms with Gasteiger partial charge < -0.3 is 5.11 Å². The third kappa shape index (κ3) is 2.39. The fraction of sp³-hybridized carbons (Fsp3) is 0.211. The van der Waals surface area contributed by atoms with E-state index in [1.54, 1.807) is 12.1 Å². The zero-order valence-electron chi connectivity index (χ0n) is 13.4. The third-order valence-electron chi connectivity index (χ3n) is 4.29. The van der Waals surface area contributed by atoms with Gasteiger partial charge in [-0.15, -0.1) is 0 Å². The van der Waals surface area contributed by atoms with Gasteiger partial charge in [0, 0.05) is 5.69 Å². The molecule has 1 aromatic heterocycles. The Morgan fingerprint density at radius 3 is 2.14 bits per heavy atom. The fourth-order valence-corrected chi connectivity index (χ4v) is 2.72. The van der Waals surface area contributed by atoms with Crippen LogP contribution in [-0.2, 0) is 0 Å². The van der Waals surface area contributed by atoms with Gasteiger partial charge in [0.05, 0.1) is 11.4 Å². The number of nitrogens with zero attached hydrogens (tertiary/aromatic N) is 2. The van der Waals surface area contributed by atoms with Crippen LogP contribution < -0.4 is 0 Å². The van der Waals surface area contributed by atoms with Crippen LogP contribution in [0.15, 0.2) is 42.5 Å². The smallest absolute Gasteiger partial charge is 0.115 e. The molecular weight excluding hydrogens is 272 g/mol. The van der Waals surface area contributed by atoms with Gasteiger partial charge in [-0.2, -0.15) is 5.10 Å². The van der Waals surface area contributed by atoms with E-state index in [0.29, 0.717) is 0 Å². The first-order chi connectivity index (χ1) is 10.5. The summed E-state index contributed by atoms with van der Waals surface area (Å²) in [5.41, 5.74) is 8.02. The summed E-state index contributed by atoms with van der Waals surface area (Å²) < 4.78 is 2.00. The normalized spacial score (nSPS) is 10.9. The van der Waals surface area contributed by atoms with Crippen molar-refractivity contribution in [2.75, 3.05) is 0 Å². The number of aromatic hydroxyl groups is 1. The molecule has 2 aromatic carbocycles. The Hall–Kier alpha value is -2.55. The summed E-state index contributed by atoms with van der Waals surface area (Å²) in [5, 5.41) is 14.0. The molecule has 3 aromatic rings. The van der Waals surface area contributed by atoms with Gasteiger partial charge in [-0.25, -0.2) is 4.68 Å². The number of aromatic nitrogens is 2. The molecular formula is C19H20N2O. The van der Waals surface area contributed by atoms with E-state index in [4.69, 9.17) is 0 Å². The molecule has 1 N–H and O–H groups in total. The Morgan fingerprint density at radius 2 is 1.59 bits per heavy atom. The van der Waals surface area contributed by atoms with Gasteiger partial charge in [-0.1, -0.05) is 18.2 Å². The fourth-order valence-electron chi connectivity index (χ4n) is 2.72. The van der Waals surface area contributed by atoms with E-state index in [0.717, 1.165) is 16.9 Å². The lowest BCUT2D eigenvalue weighted by Gasteiger charge is -2.10. The van der Waals surface area contributed by atoms with Crippen molar-refractivity contribution in [3.8, 4) is 22.6 Å². The maximum atomic E-state index is 9.41. The van der Waals surface area contributed by atoms with E-state index in [1.807, 2.05) is 23.7 Å². The van der Waals surface area contributed by atoms with Crippen LogP contribution in [0.3, 0.4) is 0 Å². The van der Waals surface area contributed by atoms with Gasteiger partial charge in [-0.05, 0) is 74.2 Å². The zero-order valence-corrected chi connectivity index (χ0v) is 13.4. The molecule has 0 amide bonds. The number of hydrogen-bond donors (Lipinski definition) is 1. The molecule has 22 heavy (non-hydrogen) atoms. The molecule has 3 nitrogen and oxygen atoms in total. The summed E-state index contributed by atoms with van der Waals surface area (Å²) in [4.78, 5) is 0. The van der Waals surface area contributed by atoms with E-state index < -0.39 is 0 Å². The van der Waals surface area contributed by atoms with E-state index in [2.05, 4.69) is 44.1 Å². The topological polar surface area (TPSA) is 38.0 Å². The first-order valence-corrected chi connectivity index (χ1v) is 7.40. The lowest BCUT2D eigenvalue weighted by molar-refractivity contribution is 0.475. The molecule has 0 spiro atoms. The number of phenolic OH excluding ortho intramolecular Hbond substituents is 1. The quantitative estimate of drug-likeness (QED) is 0.756. The average Bonchev–Trinajstić information content (AvgIpc) is 2.76. The molecule has 0 aliphatic heterocycles. The van der Waals surface area contributed by atoms with Crippen molar-refractivity contribution in [1.29, 1.82) is 0 Å². The highest BCUT2D eigenvalue weighted by Gasteiger charge is 2.10. The van der Waals surface area contributed by atoms with E-state index >= 15 is 0 Å². The first kappa shape index (κ1) is 14.4. The lowest BCUT2D eigenvalue weighted by Crippen LogP contribution is -2.00. The second-order valence-corrected chi connectivity index (χ2v) is 5.75. The Labute approximate surface area is 130 Å². The summed E-state index contributed by atoms with van der Waals surface area (Å²) in [5.74, 6) is 0.288. The molecule has 0 aliphatic rings. The summed E-state index contributed by atoms with van der Waals surface area (Å²) in [6, 6.07) is 13.7. The van der Waals surface area contributed by atoms with Gasteiger partial charge in [-0.3, -0.25) is 0 Å². The number of rotatable bonds is 2. The average molecular weight is 292 g/mol. The lowest BCUT2D eigenvalue weighted by atomic mass is 10.00. The van der Waals surface area contributed by atoms with Crippen LogP contribution in [0.25, 0.3) is 16.8 Å². The Bertz CT molecular complexity index is 829. The molecule has 0 aliphatic carbocycles. The summed E-state index contributed by atoms with van der Waals surface area (Å²) in [7, 11) is 0. The second-order valence-electron chi connectivity index (χ2n) is 5.75. The molecule has 112 valence electrons. The van der Waals surface area contributed by atoms with Crippen LogP contribution in [0.5, 0.6) is 5.75 Å². The summed E-state index contributed by atoms with van der Waals surface area (Å²) >= 11 is 0. The minimum absolute atomic E-state index is 0.288. The number of hydrogen-bond acceptors (Lipinski definition) is 2. The first-order valence-electron chi connectivity index (χ1n) is 7.40. The van der Waals surface area contributed by atoms with Crippen LogP contribution in [0, 0.1) is 27.7 Å². The van der Waals surface area contributed by atoms with Crippen LogP contribution in [0.4, 0.5) is 0 Å². The predicted molar refractivity (Wildman–Crippen MR) is 89.6 cm³/mol. The molecule has 0 bridgehead atoms. The van der Waals surface area contributed by atoms with Crippen molar-refractivity contribution in [1.82, 2.24) is 9.78 Å². The molecule has 0 saturated carbocycles. The second kappa shape index (κ2) is 5.34. The standard InChI is InChI=1S/C19H20N2O/c1-12-11-17(21-15(4)13(2)14(3)20-21)7-10-19(12)16-5-8-18(22)9-6-16/h5-11,22H,1-4H3. The largest absolute Gasteiger partial charge is 0.508 e. The highest BCUT2D eigenvalue weighted by Crippen LogP contribution is 2.27. The van der Waals surface area contributed by atoms with Crippen molar-refractivity contribution < 1.29 is 5.11 Å². The Kier molecular flexibility index (Phi) is 3.49. The summed E-state index contributed by atoms with van der Waals surface area (Å²) in [6.45, 7) is 8.34. The molecule has 0 atom stereocenters. The van der Waals surface area contributed by atoms with Crippen LogP contribution in [-0.4, -0.2) is 14.9 Å². The van der Waals surface area contributed by atoms with Crippen molar-refractivity contribution in [3.05, 3.63) is 65.0 Å². The number of benzene rings is 2. The van der Waals surface area contributed by atoms with E-state index in [-0.39, 0.29) is 5.75 Å². The van der Waals surface area contributed by atoms with Gasteiger partial charge in [0.15, 0.2) is 0 Å². The molecule has 1 heterocycles. The maximum Gasteiger partial charge on any atom is 0.115 e. The number of phenols is 1. The maximum absolute atomic E-state index is 9.41. The molecule has 3 rings (SSSR count). The van der Waals surface area contributed by atoms with Crippen molar-refractivity contribution >= 4 is 0 Å². The highest BCUT2D eigenvalue weighted by molar-refractivity contribution is 5.69.